The van der Waals surface area contributed by atoms with Gasteiger partial charge in [0.2, 0.25) is 0 Å². The van der Waals surface area contributed by atoms with Crippen LogP contribution in [0.2, 0.25) is 0 Å². The van der Waals surface area contributed by atoms with E-state index in [1.807, 2.05) is 0 Å². The quantitative estimate of drug-likeness (QED) is 0.864. The van der Waals surface area contributed by atoms with Gasteiger partial charge in [0.15, 0.2) is 9.84 Å². The van der Waals surface area contributed by atoms with Gasteiger partial charge in [0.25, 0.3) is 0 Å². The molecule has 2 rings (SSSR count). The van der Waals surface area contributed by atoms with Gasteiger partial charge in [0.05, 0.1) is 10.5 Å². The van der Waals surface area contributed by atoms with Crippen LogP contribution < -0.4 is 5.73 Å². The third kappa shape index (κ3) is 3.52. The molecule has 0 aromatic carbocycles. The molecule has 2 saturated carbocycles. The van der Waals surface area contributed by atoms with Gasteiger partial charge in [-0.15, -0.1) is 0 Å². The average Bonchev–Trinajstić information content (AvgIpc) is 2.42. The highest BCUT2D eigenvalue weighted by Crippen LogP contribution is 2.35. The molecular weight excluding hydrogens is 258 g/mol. The van der Waals surface area contributed by atoms with Crippen molar-refractivity contribution >= 4 is 9.84 Å². The van der Waals surface area contributed by atoms with Gasteiger partial charge in [-0.05, 0) is 38.0 Å². The summed E-state index contributed by atoms with van der Waals surface area (Å²) in [5, 5.41) is -0.362. The van der Waals surface area contributed by atoms with E-state index in [9.17, 15) is 8.42 Å². The van der Waals surface area contributed by atoms with Crippen LogP contribution in [0.1, 0.15) is 71.1 Å². The fraction of sp³-hybridized carbons (Fsp3) is 1.00. The van der Waals surface area contributed by atoms with Crippen molar-refractivity contribution in [2.45, 2.75) is 87.7 Å². The van der Waals surface area contributed by atoms with E-state index < -0.39 is 9.84 Å². The van der Waals surface area contributed by atoms with Gasteiger partial charge in [-0.2, -0.15) is 0 Å². The molecule has 0 aliphatic heterocycles. The van der Waals surface area contributed by atoms with Crippen LogP contribution in [0.25, 0.3) is 0 Å². The molecule has 3 unspecified atom stereocenters. The van der Waals surface area contributed by atoms with Crippen molar-refractivity contribution in [3.05, 3.63) is 0 Å². The molecule has 0 aromatic heterocycles. The summed E-state index contributed by atoms with van der Waals surface area (Å²) in [6.07, 6.45) is 10.2. The largest absolute Gasteiger partial charge is 0.327 e. The van der Waals surface area contributed by atoms with Crippen LogP contribution in [0.15, 0.2) is 0 Å². The van der Waals surface area contributed by atoms with Gasteiger partial charge in [0, 0.05) is 6.04 Å². The van der Waals surface area contributed by atoms with Crippen LogP contribution in [-0.2, 0) is 9.84 Å². The SMILES string of the molecule is CCCC1CCC(N)C(S(=O)(=O)C2CCCCC2)C1. The molecule has 3 nitrogen and oxygen atoms in total. The highest BCUT2D eigenvalue weighted by Gasteiger charge is 2.41. The first-order valence-corrected chi connectivity index (χ1v) is 9.65. The maximum absolute atomic E-state index is 12.8. The molecule has 2 aliphatic rings. The molecular formula is C15H29NO2S. The minimum Gasteiger partial charge on any atom is -0.327 e. The fourth-order valence-corrected chi connectivity index (χ4v) is 6.57. The zero-order chi connectivity index (χ0) is 13.9. The van der Waals surface area contributed by atoms with Crippen molar-refractivity contribution < 1.29 is 8.42 Å². The Kier molecular flexibility index (Phi) is 5.29. The van der Waals surface area contributed by atoms with Crippen LogP contribution in [-0.4, -0.2) is 25.0 Å². The van der Waals surface area contributed by atoms with E-state index >= 15 is 0 Å². The predicted octanol–water partition coefficient (Wildman–Crippen LogP) is 3.03. The molecule has 0 saturated heterocycles. The lowest BCUT2D eigenvalue weighted by Gasteiger charge is -2.36. The van der Waals surface area contributed by atoms with Gasteiger partial charge >= 0.3 is 0 Å². The molecule has 0 heterocycles. The fourth-order valence-electron chi connectivity index (χ4n) is 3.92. The summed E-state index contributed by atoms with van der Waals surface area (Å²) in [5.41, 5.74) is 6.15. The second-order valence-corrected chi connectivity index (χ2v) is 8.97. The zero-order valence-corrected chi connectivity index (χ0v) is 13.0. The highest BCUT2D eigenvalue weighted by atomic mass is 32.2. The maximum atomic E-state index is 12.8. The van der Waals surface area contributed by atoms with Crippen molar-refractivity contribution in [1.29, 1.82) is 0 Å². The number of nitrogens with two attached hydrogens (primary N) is 1. The highest BCUT2D eigenvalue weighted by molar-refractivity contribution is 7.92. The van der Waals surface area contributed by atoms with Crippen LogP contribution in [0.5, 0.6) is 0 Å². The lowest BCUT2D eigenvalue weighted by molar-refractivity contribution is 0.306. The van der Waals surface area contributed by atoms with Gasteiger partial charge in [-0.25, -0.2) is 8.42 Å². The van der Waals surface area contributed by atoms with Crippen molar-refractivity contribution in [2.75, 3.05) is 0 Å². The average molecular weight is 287 g/mol. The van der Waals surface area contributed by atoms with E-state index in [2.05, 4.69) is 6.92 Å². The molecule has 2 aliphatic carbocycles. The molecule has 0 aromatic rings. The van der Waals surface area contributed by atoms with Crippen LogP contribution in [0, 0.1) is 5.92 Å². The molecule has 3 atom stereocenters. The summed E-state index contributed by atoms with van der Waals surface area (Å²) in [5.74, 6) is 0.577. The van der Waals surface area contributed by atoms with Crippen LogP contribution in [0.4, 0.5) is 0 Å². The Bertz CT molecular complexity index is 374. The summed E-state index contributed by atoms with van der Waals surface area (Å²) in [6.45, 7) is 2.18. The summed E-state index contributed by atoms with van der Waals surface area (Å²) in [4.78, 5) is 0. The van der Waals surface area contributed by atoms with E-state index in [1.54, 1.807) is 0 Å². The number of hydrogen-bond donors (Lipinski definition) is 1. The molecule has 2 fully saturated rings. The molecule has 0 radical (unpaired) electrons. The summed E-state index contributed by atoms with van der Waals surface area (Å²) < 4.78 is 25.6. The van der Waals surface area contributed by atoms with Gasteiger partial charge in [-0.1, -0.05) is 39.0 Å². The first-order chi connectivity index (χ1) is 9.05. The zero-order valence-electron chi connectivity index (χ0n) is 12.2. The minimum absolute atomic E-state index is 0.0994. The molecule has 0 spiro atoms. The Hall–Kier alpha value is -0.0900. The van der Waals surface area contributed by atoms with E-state index in [-0.39, 0.29) is 16.5 Å². The Balaban J connectivity index is 2.08. The number of sulfone groups is 1. The molecule has 2 N–H and O–H groups in total. The van der Waals surface area contributed by atoms with Crippen molar-refractivity contribution in [3.63, 3.8) is 0 Å². The minimum atomic E-state index is -3.01. The molecule has 19 heavy (non-hydrogen) atoms. The number of hydrogen-bond acceptors (Lipinski definition) is 3. The summed E-state index contributed by atoms with van der Waals surface area (Å²) in [7, 11) is -3.01. The normalized spacial score (nSPS) is 34.3. The number of rotatable bonds is 4. The van der Waals surface area contributed by atoms with E-state index in [0.717, 1.165) is 57.8 Å². The standard InChI is InChI=1S/C15H29NO2S/c1-2-6-12-9-10-14(16)15(11-12)19(17,18)13-7-4-3-5-8-13/h12-15H,2-11,16H2,1H3. The molecule has 112 valence electrons. The van der Waals surface area contributed by atoms with Gasteiger partial charge in [-0.3, -0.25) is 0 Å². The lowest BCUT2D eigenvalue weighted by atomic mass is 9.83. The Morgan fingerprint density at radius 2 is 1.74 bits per heavy atom. The Labute approximate surface area is 118 Å². The van der Waals surface area contributed by atoms with Crippen LogP contribution >= 0.6 is 0 Å². The first kappa shape index (κ1) is 15.3. The third-order valence-electron chi connectivity index (χ3n) is 5.09. The lowest BCUT2D eigenvalue weighted by Crippen LogP contribution is -2.48. The second-order valence-electron chi connectivity index (χ2n) is 6.52. The van der Waals surface area contributed by atoms with E-state index in [0.29, 0.717) is 5.92 Å². The van der Waals surface area contributed by atoms with Gasteiger partial charge in [0.1, 0.15) is 0 Å². The smallest absolute Gasteiger partial charge is 0.157 e. The molecule has 0 amide bonds. The third-order valence-corrected chi connectivity index (χ3v) is 7.87. The van der Waals surface area contributed by atoms with Crippen molar-refractivity contribution in [1.82, 2.24) is 0 Å². The maximum Gasteiger partial charge on any atom is 0.157 e. The van der Waals surface area contributed by atoms with E-state index in [1.165, 1.54) is 6.42 Å². The van der Waals surface area contributed by atoms with Crippen LogP contribution in [0.3, 0.4) is 0 Å². The monoisotopic (exact) mass is 287 g/mol. The first-order valence-electron chi connectivity index (χ1n) is 8.04. The topological polar surface area (TPSA) is 60.2 Å². The Morgan fingerprint density at radius 3 is 2.37 bits per heavy atom. The predicted molar refractivity (Wildman–Crippen MR) is 79.8 cm³/mol. The van der Waals surface area contributed by atoms with Crippen molar-refractivity contribution in [2.24, 2.45) is 11.7 Å². The molecule has 0 bridgehead atoms. The summed E-state index contributed by atoms with van der Waals surface area (Å²) >= 11 is 0. The molecule has 4 heteroatoms. The van der Waals surface area contributed by atoms with E-state index in [4.69, 9.17) is 5.73 Å². The van der Waals surface area contributed by atoms with Gasteiger partial charge < -0.3 is 5.73 Å². The summed E-state index contributed by atoms with van der Waals surface area (Å²) in [6, 6.07) is -0.125. The Morgan fingerprint density at radius 1 is 1.05 bits per heavy atom. The second kappa shape index (κ2) is 6.57. The van der Waals surface area contributed by atoms with Crippen molar-refractivity contribution in [3.8, 4) is 0 Å².